The monoisotopic (exact) mass is 288 g/mol. The predicted molar refractivity (Wildman–Crippen MR) is 67.4 cm³/mol. The lowest BCUT2D eigenvalue weighted by Gasteiger charge is -2.32. The summed E-state index contributed by atoms with van der Waals surface area (Å²) in [7, 11) is 0. The lowest BCUT2D eigenvalue weighted by molar-refractivity contribution is -0.137. The summed E-state index contributed by atoms with van der Waals surface area (Å²) in [6.45, 7) is 2.21. The maximum absolute atomic E-state index is 12.7. The number of amides is 1. The van der Waals surface area contributed by atoms with E-state index in [0.717, 1.165) is 12.1 Å². The van der Waals surface area contributed by atoms with Crippen molar-refractivity contribution in [3.8, 4) is 0 Å². The Kier molecular flexibility index (Phi) is 3.89. The number of benzene rings is 1. The number of nitrogens with two attached hydrogens (primary N) is 1. The molecule has 0 radical (unpaired) electrons. The minimum absolute atomic E-state index is 0.206. The Labute approximate surface area is 114 Å². The van der Waals surface area contributed by atoms with E-state index in [9.17, 15) is 18.0 Å². The zero-order valence-corrected chi connectivity index (χ0v) is 10.9. The van der Waals surface area contributed by atoms with Gasteiger partial charge in [-0.05, 0) is 37.1 Å². The van der Waals surface area contributed by atoms with E-state index < -0.39 is 23.9 Å². The summed E-state index contributed by atoms with van der Waals surface area (Å²) in [4.78, 5) is 13.1. The van der Waals surface area contributed by atoms with Crippen molar-refractivity contribution < 1.29 is 22.7 Å². The molecule has 0 spiro atoms. The van der Waals surface area contributed by atoms with E-state index in [-0.39, 0.29) is 6.61 Å². The number of hydrogen-bond donors (Lipinski definition) is 1. The summed E-state index contributed by atoms with van der Waals surface area (Å²) in [5.41, 5.74) is 5.79. The highest BCUT2D eigenvalue weighted by Gasteiger charge is 2.34. The molecular weight excluding hydrogens is 273 g/mol. The number of ether oxygens (including phenoxy) is 1. The van der Waals surface area contributed by atoms with Crippen molar-refractivity contribution in [3.05, 3.63) is 29.3 Å². The van der Waals surface area contributed by atoms with Gasteiger partial charge in [0.05, 0.1) is 17.9 Å². The molecule has 0 unspecified atom stereocenters. The van der Waals surface area contributed by atoms with Crippen molar-refractivity contribution in [1.29, 1.82) is 0 Å². The Balaban J connectivity index is 2.41. The number of rotatable bonds is 1. The molecule has 2 rings (SSSR count). The fourth-order valence-electron chi connectivity index (χ4n) is 2.21. The van der Waals surface area contributed by atoms with Crippen LogP contribution < -0.4 is 10.6 Å². The molecule has 1 heterocycles. The SMILES string of the molecule is CCOC(=O)N1CC[C@H](N)c2cc(C(F)(F)F)ccc21. The van der Waals surface area contributed by atoms with E-state index in [1.807, 2.05) is 0 Å². The van der Waals surface area contributed by atoms with Crippen molar-refractivity contribution in [2.24, 2.45) is 5.73 Å². The normalized spacial score (nSPS) is 18.6. The van der Waals surface area contributed by atoms with E-state index in [0.29, 0.717) is 24.2 Å². The molecule has 1 aromatic rings. The topological polar surface area (TPSA) is 55.6 Å². The summed E-state index contributed by atoms with van der Waals surface area (Å²) >= 11 is 0. The van der Waals surface area contributed by atoms with Gasteiger partial charge in [-0.1, -0.05) is 0 Å². The Hall–Kier alpha value is -1.76. The molecule has 1 atom stereocenters. The molecule has 0 saturated heterocycles. The van der Waals surface area contributed by atoms with Crippen LogP contribution in [0.3, 0.4) is 0 Å². The first-order valence-electron chi connectivity index (χ1n) is 6.25. The van der Waals surface area contributed by atoms with Crippen LogP contribution in [0.4, 0.5) is 23.7 Å². The second-order valence-corrected chi connectivity index (χ2v) is 4.52. The van der Waals surface area contributed by atoms with Crippen LogP contribution in [-0.2, 0) is 10.9 Å². The maximum Gasteiger partial charge on any atom is 0.416 e. The molecule has 4 nitrogen and oxygen atoms in total. The second kappa shape index (κ2) is 5.32. The maximum atomic E-state index is 12.7. The first-order valence-corrected chi connectivity index (χ1v) is 6.25. The molecule has 1 aromatic carbocycles. The van der Waals surface area contributed by atoms with Crippen LogP contribution >= 0.6 is 0 Å². The molecule has 20 heavy (non-hydrogen) atoms. The van der Waals surface area contributed by atoms with E-state index in [1.54, 1.807) is 6.92 Å². The molecule has 1 aliphatic rings. The zero-order chi connectivity index (χ0) is 14.9. The number of hydrogen-bond acceptors (Lipinski definition) is 3. The average molecular weight is 288 g/mol. The van der Waals surface area contributed by atoms with Gasteiger partial charge < -0.3 is 10.5 Å². The van der Waals surface area contributed by atoms with Crippen molar-refractivity contribution in [2.45, 2.75) is 25.6 Å². The molecule has 7 heteroatoms. The summed E-state index contributed by atoms with van der Waals surface area (Å²) in [6, 6.07) is 2.71. The van der Waals surface area contributed by atoms with Gasteiger partial charge >= 0.3 is 12.3 Å². The minimum atomic E-state index is -4.43. The third kappa shape index (κ3) is 2.72. The number of alkyl halides is 3. The third-order valence-corrected chi connectivity index (χ3v) is 3.20. The number of carbonyl (C=O) groups excluding carboxylic acids is 1. The van der Waals surface area contributed by atoms with Crippen LogP contribution in [0.2, 0.25) is 0 Å². The second-order valence-electron chi connectivity index (χ2n) is 4.52. The first-order chi connectivity index (χ1) is 9.34. The van der Waals surface area contributed by atoms with Crippen LogP contribution in [0.25, 0.3) is 0 Å². The third-order valence-electron chi connectivity index (χ3n) is 3.20. The van der Waals surface area contributed by atoms with E-state index >= 15 is 0 Å². The fourth-order valence-corrected chi connectivity index (χ4v) is 2.21. The molecule has 2 N–H and O–H groups in total. The molecule has 0 fully saturated rings. The molecule has 0 aromatic heterocycles. The van der Waals surface area contributed by atoms with Gasteiger partial charge in [-0.15, -0.1) is 0 Å². The zero-order valence-electron chi connectivity index (χ0n) is 10.9. The highest BCUT2D eigenvalue weighted by molar-refractivity contribution is 5.89. The van der Waals surface area contributed by atoms with Crippen LogP contribution in [-0.4, -0.2) is 19.2 Å². The van der Waals surface area contributed by atoms with Gasteiger partial charge in [0.15, 0.2) is 0 Å². The highest BCUT2D eigenvalue weighted by atomic mass is 19.4. The lowest BCUT2D eigenvalue weighted by atomic mass is 9.95. The van der Waals surface area contributed by atoms with Gasteiger partial charge in [-0.3, -0.25) is 4.90 Å². The van der Waals surface area contributed by atoms with Crippen molar-refractivity contribution in [1.82, 2.24) is 0 Å². The number of carbonyl (C=O) groups is 1. The summed E-state index contributed by atoms with van der Waals surface area (Å²) in [5, 5.41) is 0. The van der Waals surface area contributed by atoms with Gasteiger partial charge in [0.2, 0.25) is 0 Å². The van der Waals surface area contributed by atoms with E-state index in [4.69, 9.17) is 10.5 Å². The van der Waals surface area contributed by atoms with E-state index in [1.165, 1.54) is 11.0 Å². The molecule has 1 amide bonds. The predicted octanol–water partition coefficient (Wildman–Crippen LogP) is 3.07. The smallest absolute Gasteiger partial charge is 0.416 e. The molecule has 0 aliphatic carbocycles. The number of nitrogens with zero attached hydrogens (tertiary/aromatic N) is 1. The average Bonchev–Trinajstić information content (AvgIpc) is 2.38. The minimum Gasteiger partial charge on any atom is -0.449 e. The van der Waals surface area contributed by atoms with E-state index in [2.05, 4.69) is 0 Å². The van der Waals surface area contributed by atoms with Gasteiger partial charge in [0, 0.05) is 12.6 Å². The number of fused-ring (bicyclic) bond motifs is 1. The fraction of sp³-hybridized carbons (Fsp3) is 0.462. The van der Waals surface area contributed by atoms with Crippen LogP contribution in [0, 0.1) is 0 Å². The Bertz CT molecular complexity index is 517. The van der Waals surface area contributed by atoms with Crippen molar-refractivity contribution in [3.63, 3.8) is 0 Å². The Morgan fingerprint density at radius 2 is 2.20 bits per heavy atom. The van der Waals surface area contributed by atoms with Crippen LogP contribution in [0.15, 0.2) is 18.2 Å². The molecule has 0 bridgehead atoms. The quantitative estimate of drug-likeness (QED) is 0.864. The van der Waals surface area contributed by atoms with Crippen molar-refractivity contribution in [2.75, 3.05) is 18.1 Å². The summed E-state index contributed by atoms with van der Waals surface area (Å²) in [6.07, 6.45) is -4.60. The highest BCUT2D eigenvalue weighted by Crippen LogP contribution is 2.38. The number of anilines is 1. The van der Waals surface area contributed by atoms with Crippen LogP contribution in [0.1, 0.15) is 30.5 Å². The molecular formula is C13H15F3N2O2. The molecule has 110 valence electrons. The molecule has 0 saturated carbocycles. The Morgan fingerprint density at radius 3 is 2.80 bits per heavy atom. The number of halogens is 3. The largest absolute Gasteiger partial charge is 0.449 e. The van der Waals surface area contributed by atoms with Crippen LogP contribution in [0.5, 0.6) is 0 Å². The first kappa shape index (κ1) is 14.6. The van der Waals surface area contributed by atoms with Gasteiger partial charge in [-0.2, -0.15) is 13.2 Å². The van der Waals surface area contributed by atoms with Gasteiger partial charge in [0.25, 0.3) is 0 Å². The molecule has 1 aliphatic heterocycles. The summed E-state index contributed by atoms with van der Waals surface area (Å²) in [5.74, 6) is 0. The Morgan fingerprint density at radius 1 is 1.50 bits per heavy atom. The van der Waals surface area contributed by atoms with Crippen molar-refractivity contribution >= 4 is 11.8 Å². The summed E-state index contributed by atoms with van der Waals surface area (Å²) < 4.78 is 43.0. The van der Waals surface area contributed by atoms with Gasteiger partial charge in [0.1, 0.15) is 0 Å². The standard InChI is InChI=1S/C13H15F3N2O2/c1-2-20-12(19)18-6-5-10(17)9-7-8(13(14,15)16)3-4-11(9)18/h3-4,7,10H,2,5-6,17H2,1H3/t10-/m0/s1. The van der Waals surface area contributed by atoms with Gasteiger partial charge in [-0.25, -0.2) is 4.79 Å². The lowest BCUT2D eigenvalue weighted by Crippen LogP contribution is -2.38.